The van der Waals surface area contributed by atoms with Gasteiger partial charge >= 0.3 is 0 Å². The van der Waals surface area contributed by atoms with Crippen LogP contribution in [0.5, 0.6) is 0 Å². The van der Waals surface area contributed by atoms with Crippen LogP contribution in [0.15, 0.2) is 24.5 Å². The number of hydrogen-bond acceptors (Lipinski definition) is 4. The third-order valence-electron chi connectivity index (χ3n) is 3.00. The van der Waals surface area contributed by atoms with Gasteiger partial charge in [0.25, 0.3) is 0 Å². The molecule has 0 N–H and O–H groups in total. The molecule has 0 amide bonds. The van der Waals surface area contributed by atoms with Gasteiger partial charge in [0.15, 0.2) is 5.78 Å². The number of pyridine rings is 1. The summed E-state index contributed by atoms with van der Waals surface area (Å²) in [5.41, 5.74) is 0.690. The molecule has 0 spiro atoms. The zero-order valence-electron chi connectivity index (χ0n) is 9.67. The number of Topliss-reactive ketones (excluding diaryl/α,β-unsaturated/α-hetero) is 1. The molecule has 0 aliphatic carbocycles. The van der Waals surface area contributed by atoms with Crippen molar-refractivity contribution in [1.29, 1.82) is 5.26 Å². The lowest BCUT2D eigenvalue weighted by molar-refractivity contribution is -0.129. The van der Waals surface area contributed by atoms with E-state index in [1.54, 1.807) is 24.5 Å². The zero-order chi connectivity index (χ0) is 12.3. The number of rotatable bonds is 3. The smallest absolute Gasteiger partial charge is 0.183 e. The van der Waals surface area contributed by atoms with Gasteiger partial charge in [0.05, 0.1) is 12.2 Å². The van der Waals surface area contributed by atoms with E-state index in [0.717, 1.165) is 6.42 Å². The van der Waals surface area contributed by atoms with Crippen molar-refractivity contribution in [3.8, 4) is 6.07 Å². The molecule has 3 atom stereocenters. The molecule has 1 fully saturated rings. The van der Waals surface area contributed by atoms with Crippen LogP contribution in [-0.2, 0) is 9.53 Å². The van der Waals surface area contributed by atoms with Gasteiger partial charge in [0.1, 0.15) is 12.0 Å². The summed E-state index contributed by atoms with van der Waals surface area (Å²) < 4.78 is 5.51. The highest BCUT2D eigenvalue weighted by Crippen LogP contribution is 2.26. The Bertz CT molecular complexity index is 438. The predicted molar refractivity (Wildman–Crippen MR) is 61.2 cm³/mol. The highest BCUT2D eigenvalue weighted by Gasteiger charge is 2.33. The van der Waals surface area contributed by atoms with Gasteiger partial charge in [-0.15, -0.1) is 0 Å². The Hall–Kier alpha value is -1.73. The number of aromatic nitrogens is 1. The van der Waals surface area contributed by atoms with Gasteiger partial charge in [-0.05, 0) is 37.5 Å². The molecular formula is C13H14N2O2. The Kier molecular flexibility index (Phi) is 3.50. The summed E-state index contributed by atoms with van der Waals surface area (Å²) in [6.45, 7) is 1.95. The first-order chi connectivity index (χ1) is 8.22. The van der Waals surface area contributed by atoms with Crippen LogP contribution in [0, 0.1) is 11.3 Å². The van der Waals surface area contributed by atoms with Crippen LogP contribution in [0.25, 0.3) is 0 Å². The molecule has 1 aromatic rings. The molecule has 2 heterocycles. The molecule has 4 nitrogen and oxygen atoms in total. The van der Waals surface area contributed by atoms with Crippen molar-refractivity contribution >= 4 is 5.78 Å². The van der Waals surface area contributed by atoms with E-state index in [-0.39, 0.29) is 11.9 Å². The van der Waals surface area contributed by atoms with Crippen molar-refractivity contribution < 1.29 is 9.53 Å². The van der Waals surface area contributed by atoms with Crippen molar-refractivity contribution in [2.75, 3.05) is 0 Å². The minimum atomic E-state index is -0.742. The summed E-state index contributed by atoms with van der Waals surface area (Å²) in [7, 11) is 0. The van der Waals surface area contributed by atoms with E-state index in [1.165, 1.54) is 0 Å². The first-order valence-corrected chi connectivity index (χ1v) is 5.71. The van der Waals surface area contributed by atoms with Crippen LogP contribution in [-0.4, -0.2) is 23.0 Å². The maximum absolute atomic E-state index is 12.2. The summed E-state index contributed by atoms with van der Waals surface area (Å²) in [4.78, 5) is 16.0. The van der Waals surface area contributed by atoms with Crippen molar-refractivity contribution in [2.24, 2.45) is 0 Å². The number of carbonyl (C=O) groups excluding carboxylic acids is 1. The van der Waals surface area contributed by atoms with Gasteiger partial charge in [-0.3, -0.25) is 9.78 Å². The van der Waals surface area contributed by atoms with Gasteiger partial charge in [0, 0.05) is 12.4 Å². The van der Waals surface area contributed by atoms with E-state index < -0.39 is 12.0 Å². The predicted octanol–water partition coefficient (Wildman–Crippen LogP) is 1.83. The molecule has 88 valence electrons. The molecule has 1 aliphatic heterocycles. The van der Waals surface area contributed by atoms with E-state index in [2.05, 4.69) is 11.1 Å². The van der Waals surface area contributed by atoms with Crippen molar-refractivity contribution in [3.63, 3.8) is 0 Å². The van der Waals surface area contributed by atoms with Crippen LogP contribution in [0.3, 0.4) is 0 Å². The second-order valence-corrected chi connectivity index (χ2v) is 4.26. The fourth-order valence-corrected chi connectivity index (χ4v) is 2.06. The number of ether oxygens (including phenoxy) is 1. The Morgan fingerprint density at radius 2 is 2.24 bits per heavy atom. The monoisotopic (exact) mass is 230 g/mol. The maximum Gasteiger partial charge on any atom is 0.183 e. The molecule has 0 bridgehead atoms. The highest BCUT2D eigenvalue weighted by atomic mass is 16.5. The lowest BCUT2D eigenvalue weighted by Crippen LogP contribution is -2.26. The number of nitrogens with zero attached hydrogens (tertiary/aromatic N) is 2. The van der Waals surface area contributed by atoms with Gasteiger partial charge in [-0.2, -0.15) is 5.26 Å². The first-order valence-electron chi connectivity index (χ1n) is 5.71. The fraction of sp³-hybridized carbons (Fsp3) is 0.462. The molecule has 1 aliphatic rings. The quantitative estimate of drug-likeness (QED) is 0.794. The average Bonchev–Trinajstić information content (AvgIpc) is 2.78. The van der Waals surface area contributed by atoms with Crippen molar-refractivity contribution in [2.45, 2.75) is 37.9 Å². The van der Waals surface area contributed by atoms with Crippen molar-refractivity contribution in [1.82, 2.24) is 4.98 Å². The lowest BCUT2D eigenvalue weighted by Gasteiger charge is -2.14. The maximum atomic E-state index is 12.2. The lowest BCUT2D eigenvalue weighted by atomic mass is 9.93. The molecular weight excluding hydrogens is 216 g/mol. The van der Waals surface area contributed by atoms with Crippen LogP contribution < -0.4 is 0 Å². The van der Waals surface area contributed by atoms with Crippen LogP contribution in [0.4, 0.5) is 0 Å². The van der Waals surface area contributed by atoms with Gasteiger partial charge in [0.2, 0.25) is 0 Å². The van der Waals surface area contributed by atoms with E-state index in [4.69, 9.17) is 10.00 Å². The SMILES string of the molecule is CC1CCC(C(=O)C(C#N)c2ccncc2)O1. The van der Waals surface area contributed by atoms with E-state index in [9.17, 15) is 4.79 Å². The van der Waals surface area contributed by atoms with Crippen LogP contribution >= 0.6 is 0 Å². The highest BCUT2D eigenvalue weighted by molar-refractivity contribution is 5.92. The van der Waals surface area contributed by atoms with E-state index in [1.807, 2.05) is 6.92 Å². The Labute approximate surface area is 100 Å². The Morgan fingerprint density at radius 3 is 2.76 bits per heavy atom. The Balaban J connectivity index is 2.15. The first kappa shape index (κ1) is 11.7. The largest absolute Gasteiger partial charge is 0.367 e. The van der Waals surface area contributed by atoms with Gasteiger partial charge in [-0.1, -0.05) is 0 Å². The molecule has 3 unspecified atom stereocenters. The van der Waals surface area contributed by atoms with E-state index >= 15 is 0 Å². The second kappa shape index (κ2) is 5.07. The fourth-order valence-electron chi connectivity index (χ4n) is 2.06. The van der Waals surface area contributed by atoms with Crippen molar-refractivity contribution in [3.05, 3.63) is 30.1 Å². The molecule has 0 radical (unpaired) electrons. The summed E-state index contributed by atoms with van der Waals surface area (Å²) in [5, 5.41) is 9.13. The standard InChI is InChI=1S/C13H14N2O2/c1-9-2-3-12(17-9)13(16)11(8-14)10-4-6-15-7-5-10/h4-7,9,11-12H,2-3H2,1H3. The normalized spacial score (nSPS) is 25.2. The van der Waals surface area contributed by atoms with Gasteiger partial charge in [-0.25, -0.2) is 0 Å². The number of nitriles is 1. The van der Waals surface area contributed by atoms with Crippen LogP contribution in [0.2, 0.25) is 0 Å². The molecule has 1 saturated heterocycles. The van der Waals surface area contributed by atoms with E-state index in [0.29, 0.717) is 12.0 Å². The molecule has 4 heteroatoms. The molecule has 1 aromatic heterocycles. The topological polar surface area (TPSA) is 63.0 Å². The van der Waals surface area contributed by atoms with Crippen LogP contribution in [0.1, 0.15) is 31.2 Å². The molecule has 2 rings (SSSR count). The zero-order valence-corrected chi connectivity index (χ0v) is 9.67. The third-order valence-corrected chi connectivity index (χ3v) is 3.00. The number of carbonyl (C=O) groups is 1. The number of ketones is 1. The second-order valence-electron chi connectivity index (χ2n) is 4.26. The minimum absolute atomic E-state index is 0.112. The Morgan fingerprint density at radius 1 is 1.53 bits per heavy atom. The molecule has 17 heavy (non-hydrogen) atoms. The molecule has 0 aromatic carbocycles. The number of hydrogen-bond donors (Lipinski definition) is 0. The molecule has 0 saturated carbocycles. The third kappa shape index (κ3) is 2.51. The summed E-state index contributed by atoms with van der Waals surface area (Å²) in [6, 6.07) is 5.45. The summed E-state index contributed by atoms with van der Waals surface area (Å²) in [5.74, 6) is -0.878. The van der Waals surface area contributed by atoms with Gasteiger partial charge < -0.3 is 4.74 Å². The average molecular weight is 230 g/mol. The summed E-state index contributed by atoms with van der Waals surface area (Å²) in [6.07, 6.45) is 4.45. The minimum Gasteiger partial charge on any atom is -0.367 e. The summed E-state index contributed by atoms with van der Waals surface area (Å²) >= 11 is 0.